The van der Waals surface area contributed by atoms with E-state index in [4.69, 9.17) is 17.3 Å². The first-order chi connectivity index (χ1) is 7.95. The van der Waals surface area contributed by atoms with Gasteiger partial charge in [-0.15, -0.1) is 0 Å². The van der Waals surface area contributed by atoms with Gasteiger partial charge in [0.05, 0.1) is 10.6 Å². The molecule has 0 amide bonds. The Bertz CT molecular complexity index is 442. The fraction of sp³-hybridized carbons (Fsp3) is 0.500. The Morgan fingerprint density at radius 1 is 1.29 bits per heavy atom. The second kappa shape index (κ2) is 6.38. The summed E-state index contributed by atoms with van der Waals surface area (Å²) in [6.45, 7) is 2.00. The van der Waals surface area contributed by atoms with Crippen molar-refractivity contribution in [2.45, 2.75) is 37.1 Å². The molecule has 1 rings (SSSR count). The van der Waals surface area contributed by atoms with E-state index >= 15 is 0 Å². The van der Waals surface area contributed by atoms with Crippen molar-refractivity contribution in [2.75, 3.05) is 5.75 Å². The van der Waals surface area contributed by atoms with Crippen LogP contribution in [0.25, 0.3) is 0 Å². The van der Waals surface area contributed by atoms with Crippen LogP contribution in [-0.4, -0.2) is 20.2 Å². The van der Waals surface area contributed by atoms with Crippen molar-refractivity contribution in [3.63, 3.8) is 0 Å². The van der Waals surface area contributed by atoms with Gasteiger partial charge in [-0.25, -0.2) is 8.42 Å². The molecule has 1 unspecified atom stereocenters. The third kappa shape index (κ3) is 4.66. The van der Waals surface area contributed by atoms with Crippen molar-refractivity contribution in [1.82, 2.24) is 0 Å². The molecule has 0 fully saturated rings. The summed E-state index contributed by atoms with van der Waals surface area (Å²) in [5.41, 5.74) is 5.75. The van der Waals surface area contributed by atoms with Gasteiger partial charge in [-0.05, 0) is 43.5 Å². The predicted molar refractivity (Wildman–Crippen MR) is 71.0 cm³/mol. The van der Waals surface area contributed by atoms with Crippen LogP contribution in [0.15, 0.2) is 29.2 Å². The molecule has 1 atom stereocenters. The lowest BCUT2D eigenvalue weighted by Crippen LogP contribution is -2.19. The maximum absolute atomic E-state index is 11.9. The highest BCUT2D eigenvalue weighted by Crippen LogP contribution is 2.16. The monoisotopic (exact) mass is 275 g/mol. The molecule has 0 bridgehead atoms. The van der Waals surface area contributed by atoms with Crippen LogP contribution in [0.5, 0.6) is 0 Å². The Morgan fingerprint density at radius 3 is 2.41 bits per heavy atom. The van der Waals surface area contributed by atoms with E-state index in [1.807, 2.05) is 6.92 Å². The van der Waals surface area contributed by atoms with Crippen molar-refractivity contribution in [3.05, 3.63) is 29.3 Å². The number of halogens is 1. The molecule has 0 aliphatic rings. The zero-order valence-corrected chi connectivity index (χ0v) is 11.5. The minimum absolute atomic E-state index is 0.0930. The molecule has 0 radical (unpaired) electrons. The zero-order valence-electron chi connectivity index (χ0n) is 9.90. The van der Waals surface area contributed by atoms with Crippen molar-refractivity contribution >= 4 is 21.4 Å². The highest BCUT2D eigenvalue weighted by molar-refractivity contribution is 7.91. The molecule has 0 aliphatic carbocycles. The van der Waals surface area contributed by atoms with Crippen molar-refractivity contribution in [2.24, 2.45) is 5.73 Å². The van der Waals surface area contributed by atoms with Gasteiger partial charge in [-0.2, -0.15) is 0 Å². The maximum atomic E-state index is 11.9. The van der Waals surface area contributed by atoms with E-state index < -0.39 is 9.84 Å². The fourth-order valence-corrected chi connectivity index (χ4v) is 2.96. The molecule has 0 heterocycles. The molecule has 2 N–H and O–H groups in total. The molecule has 0 aliphatic heterocycles. The third-order valence-electron chi connectivity index (χ3n) is 2.69. The molecular formula is C12H18ClNO2S. The Hall–Kier alpha value is -0.580. The number of hydrogen-bond donors (Lipinski definition) is 1. The topological polar surface area (TPSA) is 60.2 Å². The van der Waals surface area contributed by atoms with Crippen LogP contribution < -0.4 is 5.73 Å². The molecule has 0 spiro atoms. The average molecular weight is 276 g/mol. The van der Waals surface area contributed by atoms with Gasteiger partial charge in [0, 0.05) is 11.1 Å². The molecule has 5 heteroatoms. The van der Waals surface area contributed by atoms with E-state index in [2.05, 4.69) is 0 Å². The molecule has 0 saturated carbocycles. The summed E-state index contributed by atoms with van der Waals surface area (Å²) in [5, 5.41) is 0.539. The van der Waals surface area contributed by atoms with Crippen molar-refractivity contribution < 1.29 is 8.42 Å². The standard InChI is InChI=1S/C12H18ClNO2S/c1-2-11(14)4-3-9-17(15,16)12-7-5-10(13)6-8-12/h5-8,11H,2-4,9,14H2,1H3. The first kappa shape index (κ1) is 14.5. The van der Waals surface area contributed by atoms with Crippen LogP contribution >= 0.6 is 11.6 Å². The van der Waals surface area contributed by atoms with E-state index in [-0.39, 0.29) is 11.8 Å². The quantitative estimate of drug-likeness (QED) is 0.868. The SMILES string of the molecule is CCC(N)CCCS(=O)(=O)c1ccc(Cl)cc1. The van der Waals surface area contributed by atoms with E-state index in [0.29, 0.717) is 16.3 Å². The minimum Gasteiger partial charge on any atom is -0.328 e. The number of hydrogen-bond acceptors (Lipinski definition) is 3. The first-order valence-corrected chi connectivity index (χ1v) is 7.72. The van der Waals surface area contributed by atoms with Gasteiger partial charge in [0.2, 0.25) is 0 Å². The molecule has 1 aromatic rings. The highest BCUT2D eigenvalue weighted by Gasteiger charge is 2.14. The van der Waals surface area contributed by atoms with Gasteiger partial charge in [-0.3, -0.25) is 0 Å². The van der Waals surface area contributed by atoms with Gasteiger partial charge in [0.15, 0.2) is 9.84 Å². The van der Waals surface area contributed by atoms with Crippen LogP contribution in [0, 0.1) is 0 Å². The molecule has 96 valence electrons. The summed E-state index contributed by atoms with van der Waals surface area (Å²) in [5.74, 6) is 0.141. The summed E-state index contributed by atoms with van der Waals surface area (Å²) < 4.78 is 23.9. The fourth-order valence-electron chi connectivity index (χ4n) is 1.50. The summed E-state index contributed by atoms with van der Waals surface area (Å²) in [7, 11) is -3.20. The maximum Gasteiger partial charge on any atom is 0.178 e. The van der Waals surface area contributed by atoms with E-state index in [0.717, 1.165) is 12.8 Å². The molecule has 0 aromatic heterocycles. The number of sulfone groups is 1. The van der Waals surface area contributed by atoms with Crippen LogP contribution in [0.4, 0.5) is 0 Å². The summed E-state index contributed by atoms with van der Waals surface area (Å²) in [6, 6.07) is 6.35. The summed E-state index contributed by atoms with van der Waals surface area (Å²) in [6.07, 6.45) is 2.21. The van der Waals surface area contributed by atoms with Gasteiger partial charge < -0.3 is 5.73 Å². The lowest BCUT2D eigenvalue weighted by Gasteiger charge is -2.08. The van der Waals surface area contributed by atoms with Crippen molar-refractivity contribution in [1.29, 1.82) is 0 Å². The Kier molecular flexibility index (Phi) is 5.43. The highest BCUT2D eigenvalue weighted by atomic mass is 35.5. The second-order valence-corrected chi connectivity index (χ2v) is 6.63. The predicted octanol–water partition coefficient (Wildman–Crippen LogP) is 2.63. The number of benzene rings is 1. The van der Waals surface area contributed by atoms with Gasteiger partial charge in [0.1, 0.15) is 0 Å². The molecule has 17 heavy (non-hydrogen) atoms. The van der Waals surface area contributed by atoms with Crippen molar-refractivity contribution in [3.8, 4) is 0 Å². The second-order valence-electron chi connectivity index (χ2n) is 4.08. The van der Waals surface area contributed by atoms with Gasteiger partial charge in [0.25, 0.3) is 0 Å². The van der Waals surface area contributed by atoms with Crippen LogP contribution in [0.3, 0.4) is 0 Å². The van der Waals surface area contributed by atoms with E-state index in [9.17, 15) is 8.42 Å². The van der Waals surface area contributed by atoms with E-state index in [1.54, 1.807) is 12.1 Å². The van der Waals surface area contributed by atoms with Gasteiger partial charge in [-0.1, -0.05) is 18.5 Å². The zero-order chi connectivity index (χ0) is 12.9. The molecular weight excluding hydrogens is 258 g/mol. The summed E-state index contributed by atoms with van der Waals surface area (Å²) >= 11 is 5.72. The molecule has 3 nitrogen and oxygen atoms in total. The average Bonchev–Trinajstić information content (AvgIpc) is 2.29. The van der Waals surface area contributed by atoms with Crippen LogP contribution in [0.2, 0.25) is 5.02 Å². The lowest BCUT2D eigenvalue weighted by molar-refractivity contribution is 0.567. The smallest absolute Gasteiger partial charge is 0.178 e. The normalized spacial score (nSPS) is 13.6. The van der Waals surface area contributed by atoms with Crippen LogP contribution in [-0.2, 0) is 9.84 Å². The third-order valence-corrected chi connectivity index (χ3v) is 4.75. The van der Waals surface area contributed by atoms with E-state index in [1.165, 1.54) is 12.1 Å². The first-order valence-electron chi connectivity index (χ1n) is 5.69. The van der Waals surface area contributed by atoms with Crippen LogP contribution in [0.1, 0.15) is 26.2 Å². The minimum atomic E-state index is -3.20. The Labute approximate surface area is 108 Å². The van der Waals surface area contributed by atoms with Gasteiger partial charge >= 0.3 is 0 Å². The number of rotatable bonds is 6. The lowest BCUT2D eigenvalue weighted by atomic mass is 10.1. The Morgan fingerprint density at radius 2 is 1.88 bits per heavy atom. The number of nitrogens with two attached hydrogens (primary N) is 1. The summed E-state index contributed by atoms with van der Waals surface area (Å²) in [4.78, 5) is 0.326. The largest absolute Gasteiger partial charge is 0.328 e. The molecule has 0 saturated heterocycles. The Balaban J connectivity index is 2.60. The molecule has 1 aromatic carbocycles.